The van der Waals surface area contributed by atoms with E-state index in [1.807, 2.05) is 26.0 Å². The molecule has 0 fully saturated rings. The van der Waals surface area contributed by atoms with Gasteiger partial charge in [0.15, 0.2) is 0 Å². The van der Waals surface area contributed by atoms with Gasteiger partial charge < -0.3 is 4.90 Å². The summed E-state index contributed by atoms with van der Waals surface area (Å²) in [5, 5.41) is 0.977. The molecule has 1 unspecified atom stereocenters. The molecule has 1 atom stereocenters. The number of aryl methyl sites for hydroxylation is 2. The predicted molar refractivity (Wildman–Crippen MR) is 116 cm³/mol. The number of carbonyl (C=O) groups excluding carboxylic acids is 1. The minimum absolute atomic E-state index is 0.114. The highest BCUT2D eigenvalue weighted by Crippen LogP contribution is 2.34. The Labute approximate surface area is 175 Å². The Balaban J connectivity index is 2.16. The summed E-state index contributed by atoms with van der Waals surface area (Å²) < 4.78 is 0. The SMILES string of the molecule is CCc1ccccc1C(C)N(C(=O)c1ccncc1C)c1cc(Cl)cc(Cl)c1. The van der Waals surface area contributed by atoms with Gasteiger partial charge in [0.2, 0.25) is 0 Å². The Morgan fingerprint density at radius 1 is 1.11 bits per heavy atom. The maximum Gasteiger partial charge on any atom is 0.259 e. The minimum Gasteiger partial charge on any atom is -0.301 e. The van der Waals surface area contributed by atoms with E-state index in [4.69, 9.17) is 23.2 Å². The number of halogens is 2. The lowest BCUT2D eigenvalue weighted by Gasteiger charge is -2.31. The highest BCUT2D eigenvalue weighted by atomic mass is 35.5. The molecule has 0 aliphatic carbocycles. The first-order chi connectivity index (χ1) is 13.4. The normalized spacial score (nSPS) is 11.9. The van der Waals surface area contributed by atoms with Crippen molar-refractivity contribution in [1.29, 1.82) is 0 Å². The van der Waals surface area contributed by atoms with Crippen LogP contribution in [0.25, 0.3) is 0 Å². The molecule has 5 heteroatoms. The van der Waals surface area contributed by atoms with Crippen LogP contribution < -0.4 is 4.90 Å². The van der Waals surface area contributed by atoms with E-state index in [-0.39, 0.29) is 11.9 Å². The Kier molecular flexibility index (Phi) is 6.38. The fourth-order valence-electron chi connectivity index (χ4n) is 3.44. The smallest absolute Gasteiger partial charge is 0.259 e. The molecule has 1 heterocycles. The summed E-state index contributed by atoms with van der Waals surface area (Å²) in [4.78, 5) is 19.5. The van der Waals surface area contributed by atoms with Crippen LogP contribution >= 0.6 is 23.2 Å². The van der Waals surface area contributed by atoms with Crippen molar-refractivity contribution < 1.29 is 4.79 Å². The van der Waals surface area contributed by atoms with Gasteiger partial charge in [-0.05, 0) is 61.2 Å². The second-order valence-corrected chi connectivity index (χ2v) is 7.59. The van der Waals surface area contributed by atoms with Gasteiger partial charge in [-0.1, -0.05) is 54.4 Å². The monoisotopic (exact) mass is 412 g/mol. The van der Waals surface area contributed by atoms with Crippen molar-refractivity contribution in [3.63, 3.8) is 0 Å². The fourth-order valence-corrected chi connectivity index (χ4v) is 3.96. The molecule has 0 aliphatic rings. The van der Waals surface area contributed by atoms with Gasteiger partial charge in [0.1, 0.15) is 0 Å². The number of aromatic nitrogens is 1. The molecule has 28 heavy (non-hydrogen) atoms. The van der Waals surface area contributed by atoms with Crippen LogP contribution in [0.3, 0.4) is 0 Å². The van der Waals surface area contributed by atoms with E-state index in [0.29, 0.717) is 21.3 Å². The summed E-state index contributed by atoms with van der Waals surface area (Å²) in [5.41, 5.74) is 4.39. The highest BCUT2D eigenvalue weighted by Gasteiger charge is 2.27. The fraction of sp³-hybridized carbons (Fsp3) is 0.217. The summed E-state index contributed by atoms with van der Waals surface area (Å²) in [6.45, 7) is 6.02. The predicted octanol–water partition coefficient (Wildman–Crippen LogP) is 6.67. The molecular weight excluding hydrogens is 391 g/mol. The lowest BCUT2D eigenvalue weighted by atomic mass is 9.97. The number of nitrogens with zero attached hydrogens (tertiary/aromatic N) is 2. The Bertz CT molecular complexity index is 983. The number of hydrogen-bond donors (Lipinski definition) is 0. The molecule has 0 bridgehead atoms. The topological polar surface area (TPSA) is 33.2 Å². The lowest BCUT2D eigenvalue weighted by Crippen LogP contribution is -2.34. The van der Waals surface area contributed by atoms with E-state index in [0.717, 1.165) is 17.5 Å². The third-order valence-electron chi connectivity index (χ3n) is 4.87. The second kappa shape index (κ2) is 8.76. The third-order valence-corrected chi connectivity index (χ3v) is 5.30. The summed E-state index contributed by atoms with van der Waals surface area (Å²) in [7, 11) is 0. The summed E-state index contributed by atoms with van der Waals surface area (Å²) >= 11 is 12.5. The van der Waals surface area contributed by atoms with Crippen molar-refractivity contribution >= 4 is 34.8 Å². The van der Waals surface area contributed by atoms with Crippen LogP contribution in [0.15, 0.2) is 60.9 Å². The Morgan fingerprint density at radius 2 is 1.79 bits per heavy atom. The van der Waals surface area contributed by atoms with Crippen LogP contribution in [-0.2, 0) is 6.42 Å². The van der Waals surface area contributed by atoms with E-state index in [9.17, 15) is 4.79 Å². The molecule has 0 N–H and O–H groups in total. The average Bonchev–Trinajstić information content (AvgIpc) is 2.67. The molecule has 3 rings (SSSR count). The molecule has 3 aromatic rings. The van der Waals surface area contributed by atoms with Gasteiger partial charge in [0, 0.05) is 33.7 Å². The molecule has 2 aromatic carbocycles. The third kappa shape index (κ3) is 4.21. The molecule has 1 amide bonds. The lowest BCUT2D eigenvalue weighted by molar-refractivity contribution is 0.0977. The van der Waals surface area contributed by atoms with E-state index in [2.05, 4.69) is 24.0 Å². The quantitative estimate of drug-likeness (QED) is 0.468. The summed E-state index contributed by atoms with van der Waals surface area (Å²) in [5.74, 6) is -0.114. The molecule has 144 valence electrons. The van der Waals surface area contributed by atoms with Gasteiger partial charge in [0.25, 0.3) is 5.91 Å². The molecule has 0 aliphatic heterocycles. The van der Waals surface area contributed by atoms with Crippen molar-refractivity contribution in [2.45, 2.75) is 33.2 Å². The van der Waals surface area contributed by atoms with E-state index >= 15 is 0 Å². The summed E-state index contributed by atoms with van der Waals surface area (Å²) in [6.07, 6.45) is 4.21. The van der Waals surface area contributed by atoms with E-state index in [1.54, 1.807) is 41.6 Å². The number of carbonyl (C=O) groups is 1. The number of benzene rings is 2. The van der Waals surface area contributed by atoms with Crippen molar-refractivity contribution in [1.82, 2.24) is 4.98 Å². The largest absolute Gasteiger partial charge is 0.301 e. The molecule has 0 saturated carbocycles. The van der Waals surface area contributed by atoms with Crippen LogP contribution in [0.4, 0.5) is 5.69 Å². The first-order valence-electron chi connectivity index (χ1n) is 9.20. The zero-order chi connectivity index (χ0) is 20.3. The van der Waals surface area contributed by atoms with Crippen molar-refractivity contribution in [2.75, 3.05) is 4.90 Å². The van der Waals surface area contributed by atoms with Crippen molar-refractivity contribution in [3.05, 3.63) is 93.2 Å². The number of anilines is 1. The van der Waals surface area contributed by atoms with Gasteiger partial charge in [0.05, 0.1) is 6.04 Å². The first-order valence-corrected chi connectivity index (χ1v) is 9.96. The molecular formula is C23H22Cl2N2O. The maximum absolute atomic E-state index is 13.6. The zero-order valence-electron chi connectivity index (χ0n) is 16.1. The van der Waals surface area contributed by atoms with Crippen LogP contribution in [0.1, 0.15) is 46.9 Å². The average molecular weight is 413 g/mol. The van der Waals surface area contributed by atoms with Crippen molar-refractivity contribution in [3.8, 4) is 0 Å². The first kappa shape index (κ1) is 20.4. The Morgan fingerprint density at radius 3 is 2.43 bits per heavy atom. The molecule has 3 nitrogen and oxygen atoms in total. The van der Waals surface area contributed by atoms with Gasteiger partial charge in [-0.3, -0.25) is 9.78 Å². The van der Waals surface area contributed by atoms with Gasteiger partial charge in [-0.25, -0.2) is 0 Å². The standard InChI is InChI=1S/C23H22Cl2N2O/c1-4-17-7-5-6-8-22(17)16(3)27(20-12-18(24)11-19(25)13-20)23(28)21-9-10-26-14-15(21)2/h5-14,16H,4H2,1-3H3. The molecule has 0 spiro atoms. The van der Waals surface area contributed by atoms with Crippen LogP contribution in [-0.4, -0.2) is 10.9 Å². The second-order valence-electron chi connectivity index (χ2n) is 6.72. The molecule has 0 saturated heterocycles. The summed E-state index contributed by atoms with van der Waals surface area (Å²) in [6, 6.07) is 14.9. The maximum atomic E-state index is 13.6. The highest BCUT2D eigenvalue weighted by molar-refractivity contribution is 6.35. The Hall–Kier alpha value is -2.36. The van der Waals surface area contributed by atoms with E-state index in [1.165, 1.54) is 5.56 Å². The number of pyridine rings is 1. The van der Waals surface area contributed by atoms with Gasteiger partial charge >= 0.3 is 0 Å². The molecule has 0 radical (unpaired) electrons. The minimum atomic E-state index is -0.203. The molecule has 1 aromatic heterocycles. The van der Waals surface area contributed by atoms with Gasteiger partial charge in [-0.15, -0.1) is 0 Å². The van der Waals surface area contributed by atoms with E-state index < -0.39 is 0 Å². The number of hydrogen-bond acceptors (Lipinski definition) is 2. The number of rotatable bonds is 5. The van der Waals surface area contributed by atoms with Crippen LogP contribution in [0.5, 0.6) is 0 Å². The number of amides is 1. The van der Waals surface area contributed by atoms with Crippen LogP contribution in [0, 0.1) is 6.92 Å². The zero-order valence-corrected chi connectivity index (χ0v) is 17.6. The van der Waals surface area contributed by atoms with Crippen LogP contribution in [0.2, 0.25) is 10.0 Å². The van der Waals surface area contributed by atoms with Gasteiger partial charge in [-0.2, -0.15) is 0 Å². The van der Waals surface area contributed by atoms with Crippen molar-refractivity contribution in [2.24, 2.45) is 0 Å².